The van der Waals surface area contributed by atoms with E-state index in [2.05, 4.69) is 26.0 Å². The predicted octanol–water partition coefficient (Wildman–Crippen LogP) is 5.62. The van der Waals surface area contributed by atoms with E-state index in [-0.39, 0.29) is 0 Å². The lowest BCUT2D eigenvalue weighted by Crippen LogP contribution is -1.87. The van der Waals surface area contributed by atoms with Crippen LogP contribution in [0.3, 0.4) is 0 Å². The zero-order valence-corrected chi connectivity index (χ0v) is 11.8. The average Bonchev–Trinajstić information content (AvgIpc) is 2.30. The molecule has 0 aromatic heterocycles. The first-order valence-corrected chi connectivity index (χ1v) is 7.29. The van der Waals surface area contributed by atoms with Gasteiger partial charge in [-0.25, -0.2) is 0 Å². The van der Waals surface area contributed by atoms with E-state index in [1.54, 1.807) is 0 Å². The molecule has 1 heteroatoms. The van der Waals surface area contributed by atoms with Gasteiger partial charge in [-0.2, -0.15) is 5.26 Å². The molecule has 0 N–H and O–H groups in total. The van der Waals surface area contributed by atoms with Gasteiger partial charge in [0.05, 0.1) is 12.5 Å². The Morgan fingerprint density at radius 2 is 1.47 bits per heavy atom. The lowest BCUT2D eigenvalue weighted by Gasteiger charge is -2.04. The number of hydrogen-bond donors (Lipinski definition) is 0. The Labute approximate surface area is 108 Å². The zero-order valence-electron chi connectivity index (χ0n) is 11.8. The molecule has 0 aliphatic carbocycles. The van der Waals surface area contributed by atoms with Crippen LogP contribution in [-0.4, -0.2) is 0 Å². The van der Waals surface area contributed by atoms with Gasteiger partial charge in [-0.05, 0) is 18.8 Å². The highest BCUT2D eigenvalue weighted by Gasteiger charge is 1.94. The van der Waals surface area contributed by atoms with Crippen molar-refractivity contribution < 1.29 is 0 Å². The third kappa shape index (κ3) is 15.2. The molecule has 0 radical (unpaired) electrons. The fraction of sp³-hybridized carbons (Fsp3) is 0.812. The highest BCUT2D eigenvalue weighted by atomic mass is 14.2. The quantitative estimate of drug-likeness (QED) is 0.336. The summed E-state index contributed by atoms with van der Waals surface area (Å²) < 4.78 is 0. The molecule has 0 saturated carbocycles. The SMILES string of the molecule is CC(C)CCCCCCCCC/C=C\CC#N. The summed E-state index contributed by atoms with van der Waals surface area (Å²) in [6.07, 6.45) is 16.9. The van der Waals surface area contributed by atoms with Crippen molar-refractivity contribution in [2.75, 3.05) is 0 Å². The van der Waals surface area contributed by atoms with Crippen molar-refractivity contribution in [2.24, 2.45) is 5.92 Å². The molecule has 0 aromatic rings. The fourth-order valence-corrected chi connectivity index (χ4v) is 1.95. The molecule has 17 heavy (non-hydrogen) atoms. The molecule has 0 amide bonds. The maximum Gasteiger partial charge on any atom is 0.0663 e. The number of hydrogen-bond acceptors (Lipinski definition) is 1. The van der Waals surface area contributed by atoms with Gasteiger partial charge in [-0.15, -0.1) is 0 Å². The monoisotopic (exact) mass is 235 g/mol. The standard InChI is InChI=1S/C16H29N/c1-16(2)14-12-10-8-6-4-3-5-7-9-11-13-15-17/h9,11,16H,3-8,10,12-14H2,1-2H3/b11-9-. The molecular weight excluding hydrogens is 206 g/mol. The van der Waals surface area contributed by atoms with Crippen LogP contribution in [0, 0.1) is 17.2 Å². The van der Waals surface area contributed by atoms with Crippen LogP contribution >= 0.6 is 0 Å². The van der Waals surface area contributed by atoms with Gasteiger partial charge in [0.1, 0.15) is 0 Å². The Bertz CT molecular complexity index is 210. The summed E-state index contributed by atoms with van der Waals surface area (Å²) in [7, 11) is 0. The molecule has 0 heterocycles. The van der Waals surface area contributed by atoms with E-state index >= 15 is 0 Å². The lowest BCUT2D eigenvalue weighted by molar-refractivity contribution is 0.509. The summed E-state index contributed by atoms with van der Waals surface area (Å²) in [6, 6.07) is 2.12. The third-order valence-corrected chi connectivity index (χ3v) is 3.03. The molecule has 98 valence electrons. The van der Waals surface area contributed by atoms with Crippen LogP contribution in [-0.2, 0) is 0 Å². The minimum Gasteiger partial charge on any atom is -0.198 e. The summed E-state index contributed by atoms with van der Waals surface area (Å²) >= 11 is 0. The van der Waals surface area contributed by atoms with E-state index in [1.807, 2.05) is 6.08 Å². The van der Waals surface area contributed by atoms with Crippen LogP contribution in [0.2, 0.25) is 0 Å². The summed E-state index contributed by atoms with van der Waals surface area (Å²) in [5.41, 5.74) is 0. The van der Waals surface area contributed by atoms with Gasteiger partial charge in [0.15, 0.2) is 0 Å². The van der Waals surface area contributed by atoms with Crippen molar-refractivity contribution in [3.63, 3.8) is 0 Å². The number of nitrogens with zero attached hydrogens (tertiary/aromatic N) is 1. The molecule has 0 aromatic carbocycles. The summed E-state index contributed by atoms with van der Waals surface area (Å²) in [5.74, 6) is 0.871. The van der Waals surface area contributed by atoms with Crippen LogP contribution in [0.15, 0.2) is 12.2 Å². The largest absolute Gasteiger partial charge is 0.198 e. The summed E-state index contributed by atoms with van der Waals surface area (Å²) in [4.78, 5) is 0. The van der Waals surface area contributed by atoms with E-state index in [0.29, 0.717) is 6.42 Å². The summed E-state index contributed by atoms with van der Waals surface area (Å²) in [6.45, 7) is 4.61. The normalized spacial score (nSPS) is 11.2. The van der Waals surface area contributed by atoms with Crippen LogP contribution in [0.5, 0.6) is 0 Å². The van der Waals surface area contributed by atoms with Gasteiger partial charge in [-0.3, -0.25) is 0 Å². The molecule has 1 nitrogen and oxygen atoms in total. The van der Waals surface area contributed by atoms with Crippen molar-refractivity contribution in [2.45, 2.75) is 78.1 Å². The van der Waals surface area contributed by atoms with Crippen LogP contribution in [0.4, 0.5) is 0 Å². The molecule has 0 bridgehead atoms. The maximum atomic E-state index is 8.34. The van der Waals surface area contributed by atoms with Crippen LogP contribution in [0.25, 0.3) is 0 Å². The van der Waals surface area contributed by atoms with E-state index in [4.69, 9.17) is 5.26 Å². The first-order chi connectivity index (χ1) is 8.27. The van der Waals surface area contributed by atoms with E-state index in [1.165, 1.54) is 51.4 Å². The Morgan fingerprint density at radius 3 is 2.06 bits per heavy atom. The molecule has 0 spiro atoms. The van der Waals surface area contributed by atoms with Crippen molar-refractivity contribution >= 4 is 0 Å². The van der Waals surface area contributed by atoms with Gasteiger partial charge >= 0.3 is 0 Å². The van der Waals surface area contributed by atoms with Gasteiger partial charge in [-0.1, -0.05) is 70.9 Å². The van der Waals surface area contributed by atoms with Gasteiger partial charge in [0.25, 0.3) is 0 Å². The van der Waals surface area contributed by atoms with E-state index < -0.39 is 0 Å². The number of allylic oxidation sites excluding steroid dienone is 2. The van der Waals surface area contributed by atoms with Crippen LogP contribution < -0.4 is 0 Å². The molecular formula is C16H29N. The minimum absolute atomic E-state index is 0.565. The molecule has 0 unspecified atom stereocenters. The van der Waals surface area contributed by atoms with Gasteiger partial charge in [0, 0.05) is 0 Å². The lowest BCUT2D eigenvalue weighted by atomic mass is 10.0. The maximum absolute atomic E-state index is 8.34. The minimum atomic E-state index is 0.565. The third-order valence-electron chi connectivity index (χ3n) is 3.03. The Morgan fingerprint density at radius 1 is 0.882 bits per heavy atom. The van der Waals surface area contributed by atoms with Gasteiger partial charge < -0.3 is 0 Å². The predicted molar refractivity (Wildman–Crippen MR) is 75.8 cm³/mol. The summed E-state index contributed by atoms with van der Waals surface area (Å²) in [5, 5.41) is 8.34. The highest BCUT2D eigenvalue weighted by Crippen LogP contribution is 2.12. The fourth-order valence-electron chi connectivity index (χ4n) is 1.95. The molecule has 0 atom stereocenters. The van der Waals surface area contributed by atoms with Crippen LogP contribution in [0.1, 0.15) is 78.1 Å². The van der Waals surface area contributed by atoms with Crippen molar-refractivity contribution in [3.05, 3.63) is 12.2 Å². The van der Waals surface area contributed by atoms with E-state index in [0.717, 1.165) is 12.3 Å². The second kappa shape index (κ2) is 13.3. The topological polar surface area (TPSA) is 23.8 Å². The Balaban J connectivity index is 3.01. The second-order valence-electron chi connectivity index (χ2n) is 5.28. The smallest absolute Gasteiger partial charge is 0.0663 e. The Kier molecular flexibility index (Phi) is 12.7. The van der Waals surface area contributed by atoms with Crippen molar-refractivity contribution in [3.8, 4) is 6.07 Å². The number of nitriles is 1. The van der Waals surface area contributed by atoms with E-state index in [9.17, 15) is 0 Å². The first-order valence-electron chi connectivity index (χ1n) is 7.29. The molecule has 0 saturated heterocycles. The molecule has 0 rings (SSSR count). The second-order valence-corrected chi connectivity index (χ2v) is 5.28. The Hall–Kier alpha value is -0.770. The highest BCUT2D eigenvalue weighted by molar-refractivity contribution is 4.90. The van der Waals surface area contributed by atoms with Crippen molar-refractivity contribution in [1.82, 2.24) is 0 Å². The van der Waals surface area contributed by atoms with Gasteiger partial charge in [0.2, 0.25) is 0 Å². The zero-order chi connectivity index (χ0) is 12.8. The average molecular weight is 235 g/mol. The number of rotatable bonds is 11. The number of unbranched alkanes of at least 4 members (excludes halogenated alkanes) is 7. The molecule has 0 aliphatic heterocycles. The first kappa shape index (κ1) is 16.2. The molecule has 0 aliphatic rings. The molecule has 0 fully saturated rings. The van der Waals surface area contributed by atoms with Crippen molar-refractivity contribution in [1.29, 1.82) is 5.26 Å².